The second-order valence-electron chi connectivity index (χ2n) is 3.96. The molecule has 0 aromatic carbocycles. The van der Waals surface area contributed by atoms with Gasteiger partial charge in [0.2, 0.25) is 0 Å². The summed E-state index contributed by atoms with van der Waals surface area (Å²) in [4.78, 5) is 13.3. The van der Waals surface area contributed by atoms with Crippen molar-refractivity contribution >= 4 is 46.1 Å². The summed E-state index contributed by atoms with van der Waals surface area (Å²) in [5.41, 5.74) is 0. The van der Waals surface area contributed by atoms with Crippen LogP contribution in [0.5, 0.6) is 0 Å². The Morgan fingerprint density at radius 2 is 1.62 bits per heavy atom. The van der Waals surface area contributed by atoms with Crippen molar-refractivity contribution in [3.63, 3.8) is 0 Å². The van der Waals surface area contributed by atoms with Crippen LogP contribution in [0.15, 0.2) is 0 Å². The quantitative estimate of drug-likeness (QED) is 0.792. The Morgan fingerprint density at radius 3 is 2.06 bits per heavy atom. The van der Waals surface area contributed by atoms with Crippen LogP contribution < -0.4 is 0 Å². The molecule has 0 aromatic heterocycles. The van der Waals surface area contributed by atoms with Gasteiger partial charge in [0.05, 0.1) is 0 Å². The molecule has 0 radical (unpaired) electrons. The molecule has 0 aromatic rings. The van der Waals surface area contributed by atoms with Gasteiger partial charge in [-0.25, -0.2) is 0 Å². The van der Waals surface area contributed by atoms with Crippen LogP contribution in [0.3, 0.4) is 0 Å². The molecule has 2 bridgehead atoms. The fourth-order valence-corrected chi connectivity index (χ4v) is 30.9. The molecular formula is C9H17GeNO2S3. The van der Waals surface area contributed by atoms with Crippen LogP contribution in [0.25, 0.3) is 0 Å². The van der Waals surface area contributed by atoms with Crippen molar-refractivity contribution in [3.8, 4) is 0 Å². The third kappa shape index (κ3) is 3.76. The number of carbonyl (C=O) groups is 1. The number of carboxylic acids is 1. The van der Waals surface area contributed by atoms with Gasteiger partial charge in [0, 0.05) is 0 Å². The Hall–Kier alpha value is 1.02. The van der Waals surface area contributed by atoms with Gasteiger partial charge in [-0.1, -0.05) is 0 Å². The van der Waals surface area contributed by atoms with Crippen LogP contribution in [-0.4, -0.2) is 62.7 Å². The van der Waals surface area contributed by atoms with Crippen molar-refractivity contribution in [2.45, 2.75) is 11.7 Å². The van der Waals surface area contributed by atoms with Gasteiger partial charge < -0.3 is 0 Å². The van der Waals surface area contributed by atoms with E-state index in [0.29, 0.717) is 6.42 Å². The van der Waals surface area contributed by atoms with E-state index in [1.165, 1.54) is 36.9 Å². The summed E-state index contributed by atoms with van der Waals surface area (Å²) in [6, 6.07) is 0. The van der Waals surface area contributed by atoms with Crippen molar-refractivity contribution in [2.24, 2.45) is 0 Å². The summed E-state index contributed by atoms with van der Waals surface area (Å²) in [6.45, 7) is 3.64. The van der Waals surface area contributed by atoms with E-state index >= 15 is 0 Å². The zero-order valence-corrected chi connectivity index (χ0v) is 13.7. The molecule has 0 saturated carbocycles. The molecule has 3 rings (SSSR count). The van der Waals surface area contributed by atoms with Gasteiger partial charge in [-0.3, -0.25) is 0 Å². The number of nitrogens with zero attached hydrogens (tertiary/aromatic N) is 1. The zero-order chi connectivity index (χ0) is 11.4. The van der Waals surface area contributed by atoms with Gasteiger partial charge in [0.1, 0.15) is 0 Å². The molecular weight excluding hydrogens is 323 g/mol. The normalized spacial score (nSPS) is 35.1. The second-order valence-corrected chi connectivity index (χ2v) is 30.3. The summed E-state index contributed by atoms with van der Waals surface area (Å²) >= 11 is 0. The molecule has 16 heavy (non-hydrogen) atoms. The minimum absolute atomic E-state index is 0.386. The molecule has 3 fully saturated rings. The maximum absolute atomic E-state index is 10.7. The molecule has 0 unspecified atom stereocenters. The van der Waals surface area contributed by atoms with Crippen molar-refractivity contribution in [1.29, 1.82) is 0 Å². The maximum atomic E-state index is 10.7. The number of hydrogen-bond acceptors (Lipinski definition) is 5. The van der Waals surface area contributed by atoms with Gasteiger partial charge in [-0.15, -0.1) is 0 Å². The molecule has 0 spiro atoms. The molecule has 0 atom stereocenters. The van der Waals surface area contributed by atoms with Crippen molar-refractivity contribution < 1.29 is 9.90 Å². The Morgan fingerprint density at radius 1 is 1.12 bits per heavy atom. The Balaban J connectivity index is 1.99. The summed E-state index contributed by atoms with van der Waals surface area (Å²) in [5.74, 6) is 3.05. The molecule has 3 aliphatic heterocycles. The average molecular weight is 340 g/mol. The molecule has 92 valence electrons. The Labute approximate surface area is 109 Å². The minimum atomic E-state index is -1.99. The van der Waals surface area contributed by atoms with E-state index in [-0.39, 0.29) is 0 Å². The standard InChI is InChI=1S/C9H17GeNO2S3/c12-9(13)1-2-10-14-6-3-11(4-7-15-10)5-8-16-10/h1-8H2,(H,12,13). The number of fused-ring (bicyclic) bond motifs is 6. The number of hydrogen-bond donors (Lipinski definition) is 1. The SMILES string of the molecule is O=C(O)C[CH2][Ge]12[S]CCN(CC[S]1)CC[S]2. The zero-order valence-electron chi connectivity index (χ0n) is 9.18. The van der Waals surface area contributed by atoms with E-state index in [1.807, 2.05) is 0 Å². The number of carboxylic acid groups (broad SMARTS) is 1. The fourth-order valence-electron chi connectivity index (χ4n) is 1.93. The van der Waals surface area contributed by atoms with E-state index in [0.717, 1.165) is 5.25 Å². The molecule has 0 amide bonds. The summed E-state index contributed by atoms with van der Waals surface area (Å²) in [7, 11) is 4.46. The van der Waals surface area contributed by atoms with Crippen LogP contribution in [0.2, 0.25) is 5.25 Å². The Bertz CT molecular complexity index is 241. The number of aliphatic carboxylic acids is 1. The first-order chi connectivity index (χ1) is 7.70. The summed E-state index contributed by atoms with van der Waals surface area (Å²) in [5, 5.41) is 9.84. The molecule has 3 nitrogen and oxygen atoms in total. The topological polar surface area (TPSA) is 40.5 Å². The molecule has 3 saturated heterocycles. The van der Waals surface area contributed by atoms with Gasteiger partial charge in [-0.05, 0) is 0 Å². The van der Waals surface area contributed by atoms with Crippen molar-refractivity contribution in [3.05, 3.63) is 0 Å². The van der Waals surface area contributed by atoms with Gasteiger partial charge >= 0.3 is 109 Å². The van der Waals surface area contributed by atoms with Gasteiger partial charge in [0.25, 0.3) is 0 Å². The third-order valence-electron chi connectivity index (χ3n) is 2.83. The van der Waals surface area contributed by atoms with E-state index < -0.39 is 15.8 Å². The van der Waals surface area contributed by atoms with Crippen molar-refractivity contribution in [1.82, 2.24) is 4.90 Å². The predicted molar refractivity (Wildman–Crippen MR) is 76.6 cm³/mol. The van der Waals surface area contributed by atoms with E-state index in [2.05, 4.69) is 35.2 Å². The molecule has 7 heteroatoms. The second kappa shape index (κ2) is 6.27. The third-order valence-corrected chi connectivity index (χ3v) is 33.5. The van der Waals surface area contributed by atoms with Crippen molar-refractivity contribution in [2.75, 3.05) is 36.9 Å². The van der Waals surface area contributed by atoms with E-state index in [1.54, 1.807) is 0 Å². The first-order valence-electron chi connectivity index (χ1n) is 5.56. The monoisotopic (exact) mass is 341 g/mol. The summed E-state index contributed by atoms with van der Waals surface area (Å²) in [6.07, 6.45) is 0.386. The van der Waals surface area contributed by atoms with Crippen LogP contribution in [-0.2, 0) is 4.79 Å². The number of rotatable bonds is 3. The molecule has 3 heterocycles. The van der Waals surface area contributed by atoms with Crippen LogP contribution in [0, 0.1) is 0 Å². The fraction of sp³-hybridized carbons (Fsp3) is 0.889. The van der Waals surface area contributed by atoms with Gasteiger partial charge in [0.15, 0.2) is 0 Å². The van der Waals surface area contributed by atoms with Crippen LogP contribution in [0.4, 0.5) is 0 Å². The first-order valence-corrected chi connectivity index (χ1v) is 17.7. The molecule has 0 aliphatic carbocycles. The van der Waals surface area contributed by atoms with Crippen LogP contribution in [0.1, 0.15) is 6.42 Å². The average Bonchev–Trinajstić information content (AvgIpc) is 2.13. The van der Waals surface area contributed by atoms with Gasteiger partial charge in [-0.2, -0.15) is 0 Å². The predicted octanol–water partition coefficient (Wildman–Crippen LogP) is 1.93. The summed E-state index contributed by atoms with van der Waals surface area (Å²) < 4.78 is 0. The molecule has 3 aliphatic rings. The van der Waals surface area contributed by atoms with Crippen LogP contribution >= 0.6 is 30.3 Å². The first kappa shape index (κ1) is 13.5. The Kier molecular flexibility index (Phi) is 5.27. The van der Waals surface area contributed by atoms with E-state index in [4.69, 9.17) is 5.11 Å². The molecule has 1 N–H and O–H groups in total. The van der Waals surface area contributed by atoms with E-state index in [9.17, 15) is 4.79 Å².